The Labute approximate surface area is 106 Å². The molecule has 1 saturated carbocycles. The lowest BCUT2D eigenvalue weighted by Gasteiger charge is -2.21. The predicted octanol–water partition coefficient (Wildman–Crippen LogP) is 1.34. The van der Waals surface area contributed by atoms with Gasteiger partial charge in [0.05, 0.1) is 5.52 Å². The fourth-order valence-electron chi connectivity index (χ4n) is 2.09. The second kappa shape index (κ2) is 4.86. The fraction of sp³-hybridized carbons (Fsp3) is 0.462. The third-order valence-corrected chi connectivity index (χ3v) is 3.20. The first-order chi connectivity index (χ1) is 8.88. The summed E-state index contributed by atoms with van der Waals surface area (Å²) in [5.41, 5.74) is 7.33. The molecule has 2 aromatic rings. The molecule has 1 fully saturated rings. The smallest absolute Gasteiger partial charge is 0.246 e. The van der Waals surface area contributed by atoms with Gasteiger partial charge in [-0.25, -0.2) is 4.98 Å². The molecule has 1 aliphatic carbocycles. The molecule has 0 saturated heterocycles. The van der Waals surface area contributed by atoms with Crippen molar-refractivity contribution >= 4 is 17.0 Å². The molecule has 0 spiro atoms. The van der Waals surface area contributed by atoms with Gasteiger partial charge in [0.2, 0.25) is 5.95 Å². The van der Waals surface area contributed by atoms with E-state index in [0.717, 1.165) is 29.9 Å². The summed E-state index contributed by atoms with van der Waals surface area (Å²) in [6, 6.07) is 8.41. The number of nitrogens with zero attached hydrogens (tertiary/aromatic N) is 4. The Kier molecular flexibility index (Phi) is 3.06. The van der Waals surface area contributed by atoms with Crippen LogP contribution in [0.1, 0.15) is 19.3 Å². The van der Waals surface area contributed by atoms with Crippen LogP contribution in [0.3, 0.4) is 0 Å². The lowest BCUT2D eigenvalue weighted by Crippen LogP contribution is -2.30. The van der Waals surface area contributed by atoms with E-state index in [0.29, 0.717) is 12.6 Å². The molecule has 0 unspecified atom stereocenters. The highest BCUT2D eigenvalue weighted by molar-refractivity contribution is 5.74. The summed E-state index contributed by atoms with van der Waals surface area (Å²) >= 11 is 0. The average Bonchev–Trinajstić information content (AvgIpc) is 3.24. The molecule has 1 aromatic carbocycles. The summed E-state index contributed by atoms with van der Waals surface area (Å²) in [5, 5.41) is 8.48. The third kappa shape index (κ3) is 2.26. The Morgan fingerprint density at radius 1 is 1.17 bits per heavy atom. The second-order valence-electron chi connectivity index (χ2n) is 4.67. The molecule has 0 bridgehead atoms. The van der Waals surface area contributed by atoms with Crippen LogP contribution in [-0.4, -0.2) is 34.3 Å². The number of hydrogen-bond acceptors (Lipinski definition) is 5. The van der Waals surface area contributed by atoms with Crippen molar-refractivity contribution in [3.8, 4) is 0 Å². The maximum atomic E-state index is 5.58. The van der Waals surface area contributed by atoms with Gasteiger partial charge in [-0.1, -0.05) is 12.1 Å². The van der Waals surface area contributed by atoms with Crippen LogP contribution in [0.2, 0.25) is 0 Å². The van der Waals surface area contributed by atoms with Crippen molar-refractivity contribution in [2.24, 2.45) is 5.73 Å². The fourth-order valence-corrected chi connectivity index (χ4v) is 2.09. The minimum Gasteiger partial charge on any atom is -0.336 e. The van der Waals surface area contributed by atoms with Crippen LogP contribution >= 0.6 is 0 Å². The molecule has 3 rings (SSSR count). The number of nitrogens with two attached hydrogens (primary N) is 1. The molecule has 94 valence electrons. The van der Waals surface area contributed by atoms with Gasteiger partial charge in [-0.3, -0.25) is 0 Å². The van der Waals surface area contributed by atoms with Crippen LogP contribution in [0.25, 0.3) is 11.0 Å². The highest BCUT2D eigenvalue weighted by Gasteiger charge is 2.30. The number of anilines is 1. The first-order valence-electron chi connectivity index (χ1n) is 6.44. The van der Waals surface area contributed by atoms with E-state index in [1.165, 1.54) is 12.8 Å². The van der Waals surface area contributed by atoms with E-state index < -0.39 is 0 Å². The van der Waals surface area contributed by atoms with Crippen molar-refractivity contribution in [3.63, 3.8) is 0 Å². The molecule has 1 aliphatic rings. The van der Waals surface area contributed by atoms with Crippen molar-refractivity contribution in [3.05, 3.63) is 24.3 Å². The standard InChI is InChI=1S/C13H17N5/c14-8-3-9-18(10-6-7-10)13-15-11-4-1-2-5-12(11)16-17-13/h1-2,4-5,10H,3,6-9,14H2. The van der Waals surface area contributed by atoms with Crippen molar-refractivity contribution in [1.29, 1.82) is 0 Å². The molecular formula is C13H17N5. The second-order valence-corrected chi connectivity index (χ2v) is 4.67. The third-order valence-electron chi connectivity index (χ3n) is 3.20. The molecule has 18 heavy (non-hydrogen) atoms. The molecular weight excluding hydrogens is 226 g/mol. The van der Waals surface area contributed by atoms with Crippen molar-refractivity contribution < 1.29 is 0 Å². The Morgan fingerprint density at radius 2 is 1.94 bits per heavy atom. The van der Waals surface area contributed by atoms with Crippen molar-refractivity contribution in [2.45, 2.75) is 25.3 Å². The zero-order valence-corrected chi connectivity index (χ0v) is 10.3. The van der Waals surface area contributed by atoms with Gasteiger partial charge in [0, 0.05) is 12.6 Å². The molecule has 0 atom stereocenters. The summed E-state index contributed by atoms with van der Waals surface area (Å²) in [6.45, 7) is 1.62. The van der Waals surface area contributed by atoms with E-state index in [9.17, 15) is 0 Å². The molecule has 2 N–H and O–H groups in total. The van der Waals surface area contributed by atoms with Crippen LogP contribution in [0, 0.1) is 0 Å². The van der Waals surface area contributed by atoms with E-state index in [-0.39, 0.29) is 0 Å². The summed E-state index contributed by atoms with van der Waals surface area (Å²) in [7, 11) is 0. The summed E-state index contributed by atoms with van der Waals surface area (Å²) in [4.78, 5) is 6.84. The number of hydrogen-bond donors (Lipinski definition) is 1. The van der Waals surface area contributed by atoms with E-state index in [4.69, 9.17) is 5.73 Å². The number of benzene rings is 1. The van der Waals surface area contributed by atoms with Crippen LogP contribution < -0.4 is 10.6 Å². The number of fused-ring (bicyclic) bond motifs is 1. The largest absolute Gasteiger partial charge is 0.336 e. The maximum absolute atomic E-state index is 5.58. The number of para-hydroxylation sites is 1. The van der Waals surface area contributed by atoms with Crippen molar-refractivity contribution in [1.82, 2.24) is 15.2 Å². The topological polar surface area (TPSA) is 67.9 Å². The zero-order chi connectivity index (χ0) is 12.4. The lowest BCUT2D eigenvalue weighted by atomic mass is 10.3. The molecule has 5 nitrogen and oxygen atoms in total. The van der Waals surface area contributed by atoms with Gasteiger partial charge >= 0.3 is 0 Å². The van der Waals surface area contributed by atoms with Gasteiger partial charge in [0.15, 0.2) is 0 Å². The van der Waals surface area contributed by atoms with Crippen LogP contribution in [0.4, 0.5) is 5.95 Å². The van der Waals surface area contributed by atoms with E-state index in [1.54, 1.807) is 0 Å². The van der Waals surface area contributed by atoms with Crippen LogP contribution in [0.15, 0.2) is 24.3 Å². The van der Waals surface area contributed by atoms with E-state index in [1.807, 2.05) is 24.3 Å². The predicted molar refractivity (Wildman–Crippen MR) is 71.4 cm³/mol. The van der Waals surface area contributed by atoms with E-state index in [2.05, 4.69) is 20.1 Å². The normalized spacial score (nSPS) is 14.9. The SMILES string of the molecule is NCCCN(c1nnc2ccccc2n1)C1CC1. The quantitative estimate of drug-likeness (QED) is 0.858. The Hall–Kier alpha value is -1.75. The maximum Gasteiger partial charge on any atom is 0.246 e. The molecule has 1 aromatic heterocycles. The van der Waals surface area contributed by atoms with Crippen LogP contribution in [0.5, 0.6) is 0 Å². The van der Waals surface area contributed by atoms with Gasteiger partial charge in [-0.05, 0) is 37.9 Å². The Bertz CT molecular complexity index is 538. The lowest BCUT2D eigenvalue weighted by molar-refractivity contribution is 0.705. The zero-order valence-electron chi connectivity index (χ0n) is 10.3. The van der Waals surface area contributed by atoms with Gasteiger partial charge in [-0.15, -0.1) is 10.2 Å². The highest BCUT2D eigenvalue weighted by atomic mass is 15.3. The average molecular weight is 243 g/mol. The monoisotopic (exact) mass is 243 g/mol. The number of aromatic nitrogens is 3. The van der Waals surface area contributed by atoms with Gasteiger partial charge in [0.25, 0.3) is 0 Å². The minimum absolute atomic E-state index is 0.583. The number of rotatable bonds is 5. The first-order valence-corrected chi connectivity index (χ1v) is 6.44. The van der Waals surface area contributed by atoms with Crippen LogP contribution in [-0.2, 0) is 0 Å². The molecule has 5 heteroatoms. The van der Waals surface area contributed by atoms with Gasteiger partial charge in [0.1, 0.15) is 5.52 Å². The highest BCUT2D eigenvalue weighted by Crippen LogP contribution is 2.29. The Balaban J connectivity index is 1.90. The molecule has 0 radical (unpaired) electrons. The van der Waals surface area contributed by atoms with E-state index >= 15 is 0 Å². The Morgan fingerprint density at radius 3 is 2.67 bits per heavy atom. The molecule has 0 aliphatic heterocycles. The molecule has 1 heterocycles. The molecule has 0 amide bonds. The summed E-state index contributed by atoms with van der Waals surface area (Å²) in [5.74, 6) is 0.740. The van der Waals surface area contributed by atoms with Gasteiger partial charge < -0.3 is 10.6 Å². The minimum atomic E-state index is 0.583. The summed E-state index contributed by atoms with van der Waals surface area (Å²) < 4.78 is 0. The first kappa shape index (κ1) is 11.3. The summed E-state index contributed by atoms with van der Waals surface area (Å²) in [6.07, 6.45) is 3.41. The van der Waals surface area contributed by atoms with Gasteiger partial charge in [-0.2, -0.15) is 0 Å². The van der Waals surface area contributed by atoms with Crippen molar-refractivity contribution in [2.75, 3.05) is 18.0 Å².